The Morgan fingerprint density at radius 3 is 2.49 bits per heavy atom. The zero-order chi connectivity index (χ0) is 26.7. The van der Waals surface area contributed by atoms with Gasteiger partial charge in [-0.05, 0) is 37.6 Å². The molecule has 0 saturated carbocycles. The molecule has 3 aromatic rings. The standard InChI is InChI=1S/C24H31N7O5S/c1-14-11-31(12-15(2)35-14)13-22-28-29-23(36-22)18-6-16(7-20(26-3)19(18)9-25)17-8-21(30-37(5,32)33)24(34-4)27-10-17/h6-10,14-15,25-26,30H,11-13H2,1-5H3/t14-,15+. The average Bonchev–Trinajstić information content (AvgIpc) is 3.29. The molecule has 1 aromatic carbocycles. The Morgan fingerprint density at radius 2 is 1.86 bits per heavy atom. The minimum absolute atomic E-state index is 0.116. The number of morpholine rings is 1. The summed E-state index contributed by atoms with van der Waals surface area (Å²) in [6, 6.07) is 5.28. The number of anilines is 2. The molecule has 0 aliphatic carbocycles. The van der Waals surface area contributed by atoms with E-state index in [9.17, 15) is 8.42 Å². The quantitative estimate of drug-likeness (QED) is 0.352. The third-order valence-electron chi connectivity index (χ3n) is 5.82. The van der Waals surface area contributed by atoms with Crippen LogP contribution in [0.5, 0.6) is 5.88 Å². The second kappa shape index (κ2) is 10.8. The largest absolute Gasteiger partial charge is 0.480 e. The molecule has 3 N–H and O–H groups in total. The van der Waals surface area contributed by atoms with E-state index in [0.717, 1.165) is 19.3 Å². The number of hydrogen-bond donors (Lipinski definition) is 3. The van der Waals surface area contributed by atoms with Gasteiger partial charge in [0, 0.05) is 49.4 Å². The lowest BCUT2D eigenvalue weighted by Crippen LogP contribution is -2.44. The lowest BCUT2D eigenvalue weighted by molar-refractivity contribution is -0.0721. The third kappa shape index (κ3) is 6.24. The van der Waals surface area contributed by atoms with Crippen molar-refractivity contribution < 1.29 is 22.3 Å². The molecular weight excluding hydrogens is 498 g/mol. The molecule has 3 heterocycles. The van der Waals surface area contributed by atoms with Crippen LogP contribution in [0.3, 0.4) is 0 Å². The monoisotopic (exact) mass is 529 g/mol. The van der Waals surface area contributed by atoms with Crippen molar-refractivity contribution in [3.8, 4) is 28.5 Å². The summed E-state index contributed by atoms with van der Waals surface area (Å²) < 4.78 is 43.2. The number of nitrogens with one attached hydrogen (secondary N) is 3. The van der Waals surface area contributed by atoms with Gasteiger partial charge in [-0.1, -0.05) is 0 Å². The summed E-state index contributed by atoms with van der Waals surface area (Å²) in [5, 5.41) is 19.6. The highest BCUT2D eigenvalue weighted by molar-refractivity contribution is 7.92. The maximum Gasteiger partial charge on any atom is 0.248 e. The van der Waals surface area contributed by atoms with E-state index in [-0.39, 0.29) is 29.7 Å². The molecule has 12 nitrogen and oxygen atoms in total. The maximum absolute atomic E-state index is 11.9. The van der Waals surface area contributed by atoms with E-state index in [1.54, 1.807) is 19.3 Å². The van der Waals surface area contributed by atoms with E-state index >= 15 is 0 Å². The number of ether oxygens (including phenoxy) is 2. The third-order valence-corrected chi connectivity index (χ3v) is 6.41. The smallest absolute Gasteiger partial charge is 0.248 e. The van der Waals surface area contributed by atoms with Gasteiger partial charge in [-0.3, -0.25) is 9.62 Å². The van der Waals surface area contributed by atoms with Crippen LogP contribution in [0.2, 0.25) is 0 Å². The van der Waals surface area contributed by atoms with E-state index in [2.05, 4.69) is 30.1 Å². The summed E-state index contributed by atoms with van der Waals surface area (Å²) in [4.78, 5) is 6.47. The summed E-state index contributed by atoms with van der Waals surface area (Å²) in [7, 11) is -0.395. The molecule has 0 amide bonds. The van der Waals surface area contributed by atoms with E-state index in [1.165, 1.54) is 13.3 Å². The fraction of sp³-hybridized carbons (Fsp3) is 0.417. The van der Waals surface area contributed by atoms with Crippen molar-refractivity contribution in [3.05, 3.63) is 35.9 Å². The molecule has 1 aliphatic heterocycles. The first-order valence-electron chi connectivity index (χ1n) is 11.7. The second-order valence-corrected chi connectivity index (χ2v) is 10.7. The predicted octanol–water partition coefficient (Wildman–Crippen LogP) is 2.83. The van der Waals surface area contributed by atoms with E-state index < -0.39 is 10.0 Å². The summed E-state index contributed by atoms with van der Waals surface area (Å²) in [6.07, 6.45) is 4.09. The summed E-state index contributed by atoms with van der Waals surface area (Å²) >= 11 is 0. The first-order chi connectivity index (χ1) is 17.6. The SMILES string of the molecule is CNc1cc(-c2cnc(OC)c(NS(C)(=O)=O)c2)cc(-c2nnc(CN3C[C@@H](C)O[C@@H](C)C3)o2)c1C=N. The molecule has 1 aliphatic rings. The van der Waals surface area contributed by atoms with Crippen LogP contribution in [-0.4, -0.2) is 80.4 Å². The van der Waals surface area contributed by atoms with Crippen LogP contribution in [0.25, 0.3) is 22.6 Å². The van der Waals surface area contributed by atoms with Crippen LogP contribution < -0.4 is 14.8 Å². The Labute approximate surface area is 216 Å². The van der Waals surface area contributed by atoms with E-state index in [0.29, 0.717) is 40.4 Å². The fourth-order valence-electron chi connectivity index (χ4n) is 4.44. The van der Waals surface area contributed by atoms with Gasteiger partial charge in [0.1, 0.15) is 5.69 Å². The van der Waals surface area contributed by atoms with Gasteiger partial charge < -0.3 is 24.6 Å². The number of aromatic nitrogens is 3. The second-order valence-electron chi connectivity index (χ2n) is 8.99. The molecule has 0 spiro atoms. The van der Waals surface area contributed by atoms with Crippen molar-refractivity contribution in [1.82, 2.24) is 20.1 Å². The Morgan fingerprint density at radius 1 is 1.16 bits per heavy atom. The number of nitrogens with zero attached hydrogens (tertiary/aromatic N) is 4. The van der Waals surface area contributed by atoms with E-state index in [4.69, 9.17) is 19.3 Å². The van der Waals surface area contributed by atoms with Crippen molar-refractivity contribution in [2.24, 2.45) is 0 Å². The predicted molar refractivity (Wildman–Crippen MR) is 141 cm³/mol. The van der Waals surface area contributed by atoms with Crippen molar-refractivity contribution in [2.75, 3.05) is 43.5 Å². The zero-order valence-electron chi connectivity index (χ0n) is 21.4. The summed E-state index contributed by atoms with van der Waals surface area (Å²) in [5.41, 5.74) is 3.33. The minimum Gasteiger partial charge on any atom is -0.480 e. The van der Waals surface area contributed by atoms with Gasteiger partial charge in [-0.2, -0.15) is 0 Å². The molecule has 0 unspecified atom stereocenters. The van der Waals surface area contributed by atoms with Crippen LogP contribution in [0.1, 0.15) is 25.3 Å². The highest BCUT2D eigenvalue weighted by Gasteiger charge is 2.24. The number of hydrogen-bond acceptors (Lipinski definition) is 11. The average molecular weight is 530 g/mol. The van der Waals surface area contributed by atoms with Crippen molar-refractivity contribution in [3.63, 3.8) is 0 Å². The van der Waals surface area contributed by atoms with Crippen LogP contribution >= 0.6 is 0 Å². The summed E-state index contributed by atoms with van der Waals surface area (Å²) in [6.45, 7) is 6.09. The Kier molecular flexibility index (Phi) is 7.76. The molecule has 2 atom stereocenters. The van der Waals surface area contributed by atoms with Gasteiger partial charge >= 0.3 is 0 Å². The van der Waals surface area contributed by atoms with Crippen molar-refractivity contribution >= 4 is 27.6 Å². The fourth-order valence-corrected chi connectivity index (χ4v) is 4.98. The first kappa shape index (κ1) is 26.5. The molecule has 198 valence electrons. The molecule has 2 aromatic heterocycles. The Balaban J connectivity index is 1.72. The number of pyridine rings is 1. The molecule has 1 saturated heterocycles. The Bertz CT molecular complexity index is 1380. The van der Waals surface area contributed by atoms with Crippen molar-refractivity contribution in [2.45, 2.75) is 32.6 Å². The first-order valence-corrected chi connectivity index (χ1v) is 13.6. The van der Waals surface area contributed by atoms with E-state index in [1.807, 2.05) is 26.0 Å². The van der Waals surface area contributed by atoms with Crippen LogP contribution in [0.4, 0.5) is 11.4 Å². The van der Waals surface area contributed by atoms with Gasteiger partial charge in [-0.15, -0.1) is 10.2 Å². The number of sulfonamides is 1. The van der Waals surface area contributed by atoms with Crippen LogP contribution in [0, 0.1) is 5.41 Å². The molecule has 13 heteroatoms. The summed E-state index contributed by atoms with van der Waals surface area (Å²) in [5.74, 6) is 0.888. The minimum atomic E-state index is -3.56. The van der Waals surface area contributed by atoms with Crippen molar-refractivity contribution in [1.29, 1.82) is 5.41 Å². The molecular formula is C24H31N7O5S. The van der Waals surface area contributed by atoms with Gasteiger partial charge in [-0.25, -0.2) is 13.4 Å². The molecule has 0 radical (unpaired) electrons. The number of rotatable bonds is 9. The zero-order valence-corrected chi connectivity index (χ0v) is 22.2. The van der Waals surface area contributed by atoms with Crippen LogP contribution in [-0.2, 0) is 21.3 Å². The normalized spacial score (nSPS) is 18.4. The highest BCUT2D eigenvalue weighted by Crippen LogP contribution is 2.36. The lowest BCUT2D eigenvalue weighted by atomic mass is 9.98. The number of benzene rings is 1. The van der Waals surface area contributed by atoms with Gasteiger partial charge in [0.05, 0.1) is 37.7 Å². The molecule has 0 bridgehead atoms. The lowest BCUT2D eigenvalue weighted by Gasteiger charge is -2.34. The van der Waals surface area contributed by atoms with Crippen LogP contribution in [0.15, 0.2) is 28.8 Å². The molecule has 1 fully saturated rings. The Hall–Kier alpha value is -3.55. The van der Waals surface area contributed by atoms with Gasteiger partial charge in [0.2, 0.25) is 27.7 Å². The maximum atomic E-state index is 11.9. The van der Waals surface area contributed by atoms with Gasteiger partial charge in [0.15, 0.2) is 0 Å². The molecule has 37 heavy (non-hydrogen) atoms. The molecule has 4 rings (SSSR count). The van der Waals surface area contributed by atoms with Gasteiger partial charge in [0.25, 0.3) is 0 Å². The highest BCUT2D eigenvalue weighted by atomic mass is 32.2. The topological polar surface area (TPSA) is 156 Å². The number of methoxy groups -OCH3 is 1.